The van der Waals surface area contributed by atoms with Gasteiger partial charge in [-0.1, -0.05) is 30.3 Å². The fourth-order valence-corrected chi connectivity index (χ4v) is 3.42. The first kappa shape index (κ1) is 19.6. The summed E-state index contributed by atoms with van der Waals surface area (Å²) in [4.78, 5) is 12.7. The summed E-state index contributed by atoms with van der Waals surface area (Å²) in [5.41, 5.74) is 0.789. The molecule has 7 heteroatoms. The second kappa shape index (κ2) is 8.24. The lowest BCUT2D eigenvalue weighted by atomic mass is 10.2. The highest BCUT2D eigenvalue weighted by atomic mass is 32.2. The number of amides is 1. The molecule has 0 saturated carbocycles. The average molecular weight is 396 g/mol. The Morgan fingerprint density at radius 3 is 2.25 bits per heavy atom. The van der Waals surface area contributed by atoms with E-state index in [0.717, 1.165) is 4.31 Å². The Hall–Kier alpha value is -3.16. The van der Waals surface area contributed by atoms with Crippen molar-refractivity contribution in [1.82, 2.24) is 4.31 Å². The van der Waals surface area contributed by atoms with Crippen molar-refractivity contribution in [2.45, 2.75) is 4.90 Å². The molecule has 0 fully saturated rings. The molecule has 0 radical (unpaired) electrons. The minimum absolute atomic E-state index is 0.108. The second-order valence-electron chi connectivity index (χ2n) is 6.21. The minimum Gasteiger partial charge on any atom is -0.457 e. The van der Waals surface area contributed by atoms with Crippen LogP contribution in [0, 0.1) is 0 Å². The Labute approximate surface area is 164 Å². The molecule has 3 aromatic rings. The van der Waals surface area contributed by atoms with Crippen LogP contribution in [0.25, 0.3) is 0 Å². The van der Waals surface area contributed by atoms with E-state index in [2.05, 4.69) is 5.32 Å². The molecule has 0 unspecified atom stereocenters. The van der Waals surface area contributed by atoms with Gasteiger partial charge in [0.05, 0.1) is 4.90 Å². The van der Waals surface area contributed by atoms with E-state index in [1.54, 1.807) is 36.4 Å². The molecule has 0 aliphatic carbocycles. The van der Waals surface area contributed by atoms with Crippen LogP contribution >= 0.6 is 0 Å². The normalized spacial score (nSPS) is 11.2. The lowest BCUT2D eigenvalue weighted by Crippen LogP contribution is -2.22. The van der Waals surface area contributed by atoms with E-state index in [4.69, 9.17) is 4.74 Å². The molecule has 0 saturated heterocycles. The zero-order valence-electron chi connectivity index (χ0n) is 15.5. The lowest BCUT2D eigenvalue weighted by molar-refractivity contribution is 0.102. The summed E-state index contributed by atoms with van der Waals surface area (Å²) in [5.74, 6) is 0.836. The minimum atomic E-state index is -3.58. The Bertz CT molecular complexity index is 1080. The van der Waals surface area contributed by atoms with Crippen molar-refractivity contribution < 1.29 is 17.9 Å². The molecule has 0 atom stereocenters. The fourth-order valence-electron chi connectivity index (χ4n) is 2.47. The zero-order valence-corrected chi connectivity index (χ0v) is 16.3. The highest BCUT2D eigenvalue weighted by Crippen LogP contribution is 2.23. The van der Waals surface area contributed by atoms with Crippen molar-refractivity contribution in [3.8, 4) is 11.5 Å². The number of benzene rings is 3. The van der Waals surface area contributed by atoms with Crippen LogP contribution in [-0.2, 0) is 10.0 Å². The van der Waals surface area contributed by atoms with Gasteiger partial charge < -0.3 is 10.1 Å². The van der Waals surface area contributed by atoms with E-state index >= 15 is 0 Å². The van der Waals surface area contributed by atoms with Gasteiger partial charge in [-0.15, -0.1) is 0 Å². The first-order valence-corrected chi connectivity index (χ1v) is 9.97. The number of rotatable bonds is 6. The smallest absolute Gasteiger partial charge is 0.255 e. The number of hydrogen-bond acceptors (Lipinski definition) is 4. The van der Waals surface area contributed by atoms with Crippen LogP contribution in [0.2, 0.25) is 0 Å². The Morgan fingerprint density at radius 2 is 1.54 bits per heavy atom. The van der Waals surface area contributed by atoms with Gasteiger partial charge in [-0.05, 0) is 48.5 Å². The number of hydrogen-bond donors (Lipinski definition) is 1. The third-order valence-corrected chi connectivity index (χ3v) is 5.76. The van der Waals surface area contributed by atoms with Crippen LogP contribution in [0.5, 0.6) is 11.5 Å². The number of nitrogens with zero attached hydrogens (tertiary/aromatic N) is 1. The molecular weight excluding hydrogens is 376 g/mol. The standard InChI is InChI=1S/C21H20N2O4S/c1-23(2)28(25,26)20-13-7-9-17(15-20)22-21(24)16-8-6-12-19(14-16)27-18-10-4-3-5-11-18/h3-15H,1-2H3,(H,22,24). The summed E-state index contributed by atoms with van der Waals surface area (Å²) >= 11 is 0. The van der Waals surface area contributed by atoms with Crippen molar-refractivity contribution in [1.29, 1.82) is 0 Å². The number of nitrogens with one attached hydrogen (secondary N) is 1. The van der Waals surface area contributed by atoms with Gasteiger partial charge in [-0.25, -0.2) is 12.7 Å². The van der Waals surface area contributed by atoms with Crippen LogP contribution in [0.3, 0.4) is 0 Å². The maximum absolute atomic E-state index is 12.6. The number of ether oxygens (including phenoxy) is 1. The van der Waals surface area contributed by atoms with Crippen LogP contribution in [-0.4, -0.2) is 32.7 Å². The third kappa shape index (κ3) is 4.57. The Balaban J connectivity index is 1.78. The Kier molecular flexibility index (Phi) is 5.77. The summed E-state index contributed by atoms with van der Waals surface area (Å²) in [5, 5.41) is 2.72. The van der Waals surface area contributed by atoms with Gasteiger partial charge in [0.25, 0.3) is 5.91 Å². The molecule has 3 aromatic carbocycles. The monoisotopic (exact) mass is 396 g/mol. The lowest BCUT2D eigenvalue weighted by Gasteiger charge is -2.13. The molecule has 0 spiro atoms. The molecule has 6 nitrogen and oxygen atoms in total. The van der Waals surface area contributed by atoms with E-state index in [9.17, 15) is 13.2 Å². The predicted octanol–water partition coefficient (Wildman–Crippen LogP) is 3.98. The SMILES string of the molecule is CN(C)S(=O)(=O)c1cccc(NC(=O)c2cccc(Oc3ccccc3)c2)c1. The average Bonchev–Trinajstić information content (AvgIpc) is 2.69. The molecule has 0 bridgehead atoms. The van der Waals surface area contributed by atoms with Crippen molar-refractivity contribution in [3.05, 3.63) is 84.4 Å². The van der Waals surface area contributed by atoms with Gasteiger partial charge in [0.2, 0.25) is 10.0 Å². The van der Waals surface area contributed by atoms with E-state index in [1.165, 1.54) is 26.2 Å². The third-order valence-electron chi connectivity index (χ3n) is 3.95. The van der Waals surface area contributed by atoms with Crippen molar-refractivity contribution in [3.63, 3.8) is 0 Å². The molecule has 0 aromatic heterocycles. The topological polar surface area (TPSA) is 75.7 Å². The van der Waals surface area contributed by atoms with E-state index in [1.807, 2.05) is 30.3 Å². The summed E-state index contributed by atoms with van der Waals surface area (Å²) in [6, 6.07) is 22.2. The zero-order chi connectivity index (χ0) is 20.1. The first-order chi connectivity index (χ1) is 13.4. The van der Waals surface area contributed by atoms with Gasteiger partial charge in [0, 0.05) is 25.3 Å². The number of carbonyl (C=O) groups is 1. The van der Waals surface area contributed by atoms with Gasteiger partial charge in [-0.2, -0.15) is 0 Å². The van der Waals surface area contributed by atoms with Crippen molar-refractivity contribution in [2.75, 3.05) is 19.4 Å². The highest BCUT2D eigenvalue weighted by molar-refractivity contribution is 7.89. The van der Waals surface area contributed by atoms with Crippen molar-refractivity contribution >= 4 is 21.6 Å². The first-order valence-electron chi connectivity index (χ1n) is 8.53. The quantitative estimate of drug-likeness (QED) is 0.684. The van der Waals surface area contributed by atoms with Gasteiger partial charge in [-0.3, -0.25) is 4.79 Å². The van der Waals surface area contributed by atoms with E-state index < -0.39 is 10.0 Å². The van der Waals surface area contributed by atoms with Crippen molar-refractivity contribution in [2.24, 2.45) is 0 Å². The maximum Gasteiger partial charge on any atom is 0.255 e. The number of anilines is 1. The Morgan fingerprint density at radius 1 is 0.857 bits per heavy atom. The highest BCUT2D eigenvalue weighted by Gasteiger charge is 2.18. The summed E-state index contributed by atoms with van der Waals surface area (Å²) in [6.07, 6.45) is 0. The van der Waals surface area contributed by atoms with E-state index in [-0.39, 0.29) is 10.8 Å². The van der Waals surface area contributed by atoms with Gasteiger partial charge in [0.1, 0.15) is 11.5 Å². The fraction of sp³-hybridized carbons (Fsp3) is 0.0952. The van der Waals surface area contributed by atoms with E-state index in [0.29, 0.717) is 22.7 Å². The van der Waals surface area contributed by atoms with Crippen LogP contribution < -0.4 is 10.1 Å². The van der Waals surface area contributed by atoms with Crippen LogP contribution in [0.1, 0.15) is 10.4 Å². The second-order valence-corrected chi connectivity index (χ2v) is 8.36. The van der Waals surface area contributed by atoms with Gasteiger partial charge in [0.15, 0.2) is 0 Å². The predicted molar refractivity (Wildman–Crippen MR) is 108 cm³/mol. The van der Waals surface area contributed by atoms with Gasteiger partial charge >= 0.3 is 0 Å². The van der Waals surface area contributed by atoms with Crippen LogP contribution in [0.15, 0.2) is 83.8 Å². The molecule has 0 aliphatic heterocycles. The summed E-state index contributed by atoms with van der Waals surface area (Å²) < 4.78 is 31.4. The molecule has 1 N–H and O–H groups in total. The largest absolute Gasteiger partial charge is 0.457 e. The molecular formula is C21H20N2O4S. The molecule has 144 valence electrons. The number of para-hydroxylation sites is 1. The van der Waals surface area contributed by atoms with Crippen LogP contribution in [0.4, 0.5) is 5.69 Å². The molecule has 28 heavy (non-hydrogen) atoms. The summed E-state index contributed by atoms with van der Waals surface area (Å²) in [7, 11) is -0.665. The summed E-state index contributed by atoms with van der Waals surface area (Å²) in [6.45, 7) is 0. The number of carbonyl (C=O) groups excluding carboxylic acids is 1. The molecule has 0 heterocycles. The molecule has 1 amide bonds. The number of sulfonamides is 1. The molecule has 3 rings (SSSR count). The molecule has 0 aliphatic rings. The maximum atomic E-state index is 12.6.